The lowest BCUT2D eigenvalue weighted by Crippen LogP contribution is -2.38. The Balaban J connectivity index is 1.99. The predicted molar refractivity (Wildman–Crippen MR) is 69.8 cm³/mol. The Morgan fingerprint density at radius 3 is 2.94 bits per heavy atom. The molecule has 1 fully saturated rings. The maximum atomic E-state index is 11.0. The third-order valence-electron chi connectivity index (χ3n) is 3.21. The summed E-state index contributed by atoms with van der Waals surface area (Å²) in [6, 6.07) is 8.10. The van der Waals surface area contributed by atoms with Gasteiger partial charge in [0.2, 0.25) is 0 Å². The lowest BCUT2D eigenvalue weighted by Gasteiger charge is -2.30. The highest BCUT2D eigenvalue weighted by molar-refractivity contribution is 9.10. The highest BCUT2D eigenvalue weighted by atomic mass is 79.9. The summed E-state index contributed by atoms with van der Waals surface area (Å²) in [7, 11) is 0. The number of rotatable bonds is 3. The first-order chi connectivity index (χ1) is 8.16. The van der Waals surface area contributed by atoms with Gasteiger partial charge in [0, 0.05) is 17.6 Å². The minimum absolute atomic E-state index is 0.203. The first-order valence-electron chi connectivity index (χ1n) is 5.85. The van der Waals surface area contributed by atoms with Gasteiger partial charge < -0.3 is 5.11 Å². The number of hydrogen-bond acceptors (Lipinski definition) is 2. The minimum atomic E-state index is -0.665. The van der Waals surface area contributed by atoms with Gasteiger partial charge in [0.05, 0.1) is 5.92 Å². The van der Waals surface area contributed by atoms with Gasteiger partial charge in [-0.25, -0.2) is 0 Å². The second-order valence-corrected chi connectivity index (χ2v) is 5.36. The molecule has 1 aromatic carbocycles. The standard InChI is InChI=1S/C13H16BrNO2/c14-12-6-2-1-4-10(12)8-15-7-3-5-11(9-15)13(16)17/h1-2,4,6,11H,3,5,7-9H2,(H,16,17)/t11-/m0/s1. The van der Waals surface area contributed by atoms with Gasteiger partial charge in [0.25, 0.3) is 0 Å². The van der Waals surface area contributed by atoms with Crippen molar-refractivity contribution >= 4 is 21.9 Å². The normalized spacial score (nSPS) is 21.4. The van der Waals surface area contributed by atoms with Crippen LogP contribution in [0.5, 0.6) is 0 Å². The van der Waals surface area contributed by atoms with Crippen LogP contribution in [0.4, 0.5) is 0 Å². The molecule has 92 valence electrons. The van der Waals surface area contributed by atoms with E-state index >= 15 is 0 Å². The lowest BCUT2D eigenvalue weighted by molar-refractivity contribution is -0.143. The molecule has 17 heavy (non-hydrogen) atoms. The molecule has 4 heteroatoms. The summed E-state index contributed by atoms with van der Waals surface area (Å²) < 4.78 is 1.09. The lowest BCUT2D eigenvalue weighted by atomic mass is 9.98. The Bertz CT molecular complexity index is 408. The fraction of sp³-hybridized carbons (Fsp3) is 0.462. The van der Waals surface area contributed by atoms with Crippen molar-refractivity contribution in [1.82, 2.24) is 4.90 Å². The van der Waals surface area contributed by atoms with E-state index in [0.717, 1.165) is 30.4 Å². The zero-order chi connectivity index (χ0) is 12.3. The van der Waals surface area contributed by atoms with E-state index in [2.05, 4.69) is 26.9 Å². The summed E-state index contributed by atoms with van der Waals surface area (Å²) in [5.41, 5.74) is 1.22. The van der Waals surface area contributed by atoms with Crippen LogP contribution < -0.4 is 0 Å². The van der Waals surface area contributed by atoms with Crippen LogP contribution >= 0.6 is 15.9 Å². The number of halogens is 1. The molecule has 1 N–H and O–H groups in total. The van der Waals surface area contributed by atoms with E-state index in [4.69, 9.17) is 5.11 Å². The van der Waals surface area contributed by atoms with Crippen LogP contribution in [0.15, 0.2) is 28.7 Å². The monoisotopic (exact) mass is 297 g/mol. The molecule has 0 aromatic heterocycles. The van der Waals surface area contributed by atoms with Crippen molar-refractivity contribution in [2.75, 3.05) is 13.1 Å². The number of carbonyl (C=O) groups is 1. The molecule has 0 bridgehead atoms. The molecule has 0 unspecified atom stereocenters. The molecule has 0 amide bonds. The Kier molecular flexibility index (Phi) is 4.18. The van der Waals surface area contributed by atoms with Crippen molar-refractivity contribution < 1.29 is 9.90 Å². The third kappa shape index (κ3) is 3.30. The first kappa shape index (κ1) is 12.6. The molecule has 1 aliphatic rings. The van der Waals surface area contributed by atoms with Crippen LogP contribution in [-0.4, -0.2) is 29.1 Å². The number of hydrogen-bond donors (Lipinski definition) is 1. The molecule has 1 aromatic rings. The third-order valence-corrected chi connectivity index (χ3v) is 3.98. The van der Waals surface area contributed by atoms with Gasteiger partial charge in [-0.15, -0.1) is 0 Å². The molecule has 1 heterocycles. The quantitative estimate of drug-likeness (QED) is 0.933. The molecule has 3 nitrogen and oxygen atoms in total. The van der Waals surface area contributed by atoms with Crippen molar-refractivity contribution in [2.24, 2.45) is 5.92 Å². The zero-order valence-corrected chi connectivity index (χ0v) is 11.2. The van der Waals surface area contributed by atoms with E-state index in [0.29, 0.717) is 6.54 Å². The van der Waals surface area contributed by atoms with Crippen molar-refractivity contribution in [1.29, 1.82) is 0 Å². The smallest absolute Gasteiger partial charge is 0.307 e. The number of aliphatic carboxylic acids is 1. The molecule has 0 radical (unpaired) electrons. The van der Waals surface area contributed by atoms with E-state index in [9.17, 15) is 4.79 Å². The van der Waals surface area contributed by atoms with E-state index in [1.165, 1.54) is 5.56 Å². The van der Waals surface area contributed by atoms with Gasteiger partial charge in [0.15, 0.2) is 0 Å². The fourth-order valence-corrected chi connectivity index (χ4v) is 2.68. The van der Waals surface area contributed by atoms with Gasteiger partial charge in [-0.1, -0.05) is 34.1 Å². The Morgan fingerprint density at radius 2 is 2.24 bits per heavy atom. The predicted octanol–water partition coefficient (Wildman–Crippen LogP) is 2.75. The number of piperidine rings is 1. The van der Waals surface area contributed by atoms with Crippen LogP contribution in [0, 0.1) is 5.92 Å². The second kappa shape index (κ2) is 5.65. The van der Waals surface area contributed by atoms with Gasteiger partial charge in [-0.2, -0.15) is 0 Å². The fourth-order valence-electron chi connectivity index (χ4n) is 2.27. The summed E-state index contributed by atoms with van der Waals surface area (Å²) in [5, 5.41) is 9.04. The summed E-state index contributed by atoms with van der Waals surface area (Å²) in [6.07, 6.45) is 1.78. The van der Waals surface area contributed by atoms with Crippen molar-refractivity contribution in [3.05, 3.63) is 34.3 Å². The number of benzene rings is 1. The maximum absolute atomic E-state index is 11.0. The SMILES string of the molecule is O=C(O)[C@H]1CCCN(Cc2ccccc2Br)C1. The van der Waals surface area contributed by atoms with E-state index < -0.39 is 5.97 Å². The van der Waals surface area contributed by atoms with Crippen molar-refractivity contribution in [3.63, 3.8) is 0 Å². The average Bonchev–Trinajstić information content (AvgIpc) is 2.32. The van der Waals surface area contributed by atoms with Gasteiger partial charge in [-0.3, -0.25) is 9.69 Å². The van der Waals surface area contributed by atoms with Crippen LogP contribution in [0.3, 0.4) is 0 Å². The van der Waals surface area contributed by atoms with Crippen LogP contribution in [0.2, 0.25) is 0 Å². The number of nitrogens with zero attached hydrogens (tertiary/aromatic N) is 1. The summed E-state index contributed by atoms with van der Waals surface area (Å²) in [4.78, 5) is 13.2. The van der Waals surface area contributed by atoms with Crippen LogP contribution in [-0.2, 0) is 11.3 Å². The summed E-state index contributed by atoms with van der Waals surface area (Å²) in [6.45, 7) is 2.48. The minimum Gasteiger partial charge on any atom is -0.481 e. The Morgan fingerprint density at radius 1 is 1.47 bits per heavy atom. The van der Waals surface area contributed by atoms with Crippen LogP contribution in [0.1, 0.15) is 18.4 Å². The summed E-state index contributed by atoms with van der Waals surface area (Å²) in [5.74, 6) is -0.868. The van der Waals surface area contributed by atoms with Gasteiger partial charge in [-0.05, 0) is 31.0 Å². The van der Waals surface area contributed by atoms with E-state index in [1.54, 1.807) is 0 Å². The Hall–Kier alpha value is -0.870. The largest absolute Gasteiger partial charge is 0.481 e. The number of carboxylic acid groups (broad SMARTS) is 1. The molecule has 2 rings (SSSR count). The maximum Gasteiger partial charge on any atom is 0.307 e. The van der Waals surface area contributed by atoms with E-state index in [-0.39, 0.29) is 5.92 Å². The highest BCUT2D eigenvalue weighted by Gasteiger charge is 2.25. The first-order valence-corrected chi connectivity index (χ1v) is 6.64. The van der Waals surface area contributed by atoms with Crippen LogP contribution in [0.25, 0.3) is 0 Å². The van der Waals surface area contributed by atoms with Gasteiger partial charge >= 0.3 is 5.97 Å². The highest BCUT2D eigenvalue weighted by Crippen LogP contribution is 2.22. The molecule has 1 atom stereocenters. The topological polar surface area (TPSA) is 40.5 Å². The van der Waals surface area contributed by atoms with E-state index in [1.807, 2.05) is 18.2 Å². The molecule has 1 saturated heterocycles. The molecule has 0 aliphatic carbocycles. The Labute approximate surface area is 110 Å². The number of carboxylic acids is 1. The molecule has 0 spiro atoms. The average molecular weight is 298 g/mol. The number of likely N-dealkylation sites (tertiary alicyclic amines) is 1. The zero-order valence-electron chi connectivity index (χ0n) is 9.60. The molecular weight excluding hydrogens is 282 g/mol. The second-order valence-electron chi connectivity index (χ2n) is 4.50. The summed E-state index contributed by atoms with van der Waals surface area (Å²) >= 11 is 3.52. The molecule has 1 aliphatic heterocycles. The molecule has 0 saturated carbocycles. The van der Waals surface area contributed by atoms with Gasteiger partial charge in [0.1, 0.15) is 0 Å². The van der Waals surface area contributed by atoms with Crippen molar-refractivity contribution in [3.8, 4) is 0 Å². The van der Waals surface area contributed by atoms with Crippen molar-refractivity contribution in [2.45, 2.75) is 19.4 Å². The molecular formula is C13H16BrNO2.